The minimum absolute atomic E-state index is 0. The molecular weight excluding hydrogens is 249 g/mol. The molecule has 1 aromatic rings. The fourth-order valence-corrected chi connectivity index (χ4v) is 1.06. The predicted octanol–water partition coefficient (Wildman–Crippen LogP) is -2.57. The third-order valence-electron chi connectivity index (χ3n) is 1.58. The summed E-state index contributed by atoms with van der Waals surface area (Å²) in [6.45, 7) is 0.416. The van der Waals surface area contributed by atoms with Crippen molar-refractivity contribution >= 4 is 23.5 Å². The smallest absolute Gasteiger partial charge is 0.218 e. The fraction of sp³-hybridized carbons (Fsp3) is 0.111. The standard InChI is InChI=1S/C9H12ClN5.ClH/c10-7-3-1-6(2-4-7)5-14-9(13)15-8(11)12;/h1-4H,5H2,(H6,11,12,13,14,15);1H/p-1. The monoisotopic (exact) mass is 260 g/mol. The summed E-state index contributed by atoms with van der Waals surface area (Å²) < 4.78 is 0. The lowest BCUT2D eigenvalue weighted by Gasteiger charge is -1.97. The van der Waals surface area contributed by atoms with Crippen LogP contribution in [0.15, 0.2) is 34.3 Å². The predicted molar refractivity (Wildman–Crippen MR) is 62.6 cm³/mol. The Kier molecular flexibility index (Phi) is 6.29. The number of guanidine groups is 2. The van der Waals surface area contributed by atoms with E-state index in [1.54, 1.807) is 12.1 Å². The topological polar surface area (TPSA) is 103 Å². The molecule has 0 unspecified atom stereocenters. The number of nitrogens with two attached hydrogens (primary N) is 3. The second kappa shape index (κ2) is 6.92. The number of rotatable bonds is 2. The highest BCUT2D eigenvalue weighted by Crippen LogP contribution is 2.09. The van der Waals surface area contributed by atoms with Crippen LogP contribution in [0.4, 0.5) is 0 Å². The Morgan fingerprint density at radius 1 is 1.12 bits per heavy atom. The van der Waals surface area contributed by atoms with Gasteiger partial charge in [0.25, 0.3) is 0 Å². The summed E-state index contributed by atoms with van der Waals surface area (Å²) in [4.78, 5) is 7.55. The maximum Gasteiger partial charge on any atom is 0.218 e. The van der Waals surface area contributed by atoms with Gasteiger partial charge in [-0.1, -0.05) is 23.7 Å². The third kappa shape index (κ3) is 5.43. The van der Waals surface area contributed by atoms with Crippen molar-refractivity contribution in [1.82, 2.24) is 0 Å². The van der Waals surface area contributed by atoms with Gasteiger partial charge in [-0.05, 0) is 17.7 Å². The molecule has 0 saturated heterocycles. The summed E-state index contributed by atoms with van der Waals surface area (Å²) in [5, 5.41) is 0.680. The summed E-state index contributed by atoms with van der Waals surface area (Å²) in [7, 11) is 0. The van der Waals surface area contributed by atoms with Gasteiger partial charge in [0.2, 0.25) is 5.96 Å². The molecular formula is C9H12Cl2N5-. The second-order valence-corrected chi connectivity index (χ2v) is 3.27. The molecule has 0 aromatic heterocycles. The van der Waals surface area contributed by atoms with Crippen LogP contribution in [-0.4, -0.2) is 11.9 Å². The summed E-state index contributed by atoms with van der Waals surface area (Å²) in [6, 6.07) is 7.27. The van der Waals surface area contributed by atoms with Gasteiger partial charge in [0.1, 0.15) is 0 Å². The molecule has 0 amide bonds. The van der Waals surface area contributed by atoms with Crippen molar-refractivity contribution in [2.24, 2.45) is 27.2 Å². The van der Waals surface area contributed by atoms with E-state index in [1.165, 1.54) is 0 Å². The van der Waals surface area contributed by atoms with E-state index in [4.69, 9.17) is 28.8 Å². The molecule has 0 aliphatic heterocycles. The van der Waals surface area contributed by atoms with E-state index >= 15 is 0 Å². The van der Waals surface area contributed by atoms with Crippen LogP contribution in [-0.2, 0) is 6.54 Å². The summed E-state index contributed by atoms with van der Waals surface area (Å²) >= 11 is 5.73. The Bertz CT molecular complexity index is 381. The van der Waals surface area contributed by atoms with Crippen LogP contribution in [0.5, 0.6) is 0 Å². The molecule has 0 saturated carbocycles. The number of nitrogens with zero attached hydrogens (tertiary/aromatic N) is 2. The van der Waals surface area contributed by atoms with Crippen LogP contribution in [0.2, 0.25) is 5.02 Å². The SMILES string of the molecule is NC(N)=NC(N)=NCc1ccc(Cl)cc1.[Cl-]. The highest BCUT2D eigenvalue weighted by Gasteiger charge is 1.93. The van der Waals surface area contributed by atoms with E-state index in [2.05, 4.69) is 9.98 Å². The zero-order valence-corrected chi connectivity index (χ0v) is 9.91. The number of benzene rings is 1. The molecule has 88 valence electrons. The molecule has 0 spiro atoms. The molecule has 0 atom stereocenters. The van der Waals surface area contributed by atoms with Crippen LogP contribution in [0.1, 0.15) is 5.56 Å². The quantitative estimate of drug-likeness (QED) is 0.403. The lowest BCUT2D eigenvalue weighted by atomic mass is 10.2. The highest BCUT2D eigenvalue weighted by molar-refractivity contribution is 6.30. The van der Waals surface area contributed by atoms with Gasteiger partial charge in [0.15, 0.2) is 5.96 Å². The molecule has 6 N–H and O–H groups in total. The number of hydrogen-bond acceptors (Lipinski definition) is 1. The van der Waals surface area contributed by atoms with Crippen molar-refractivity contribution in [3.63, 3.8) is 0 Å². The first-order valence-electron chi connectivity index (χ1n) is 4.22. The van der Waals surface area contributed by atoms with Crippen molar-refractivity contribution in [1.29, 1.82) is 0 Å². The Morgan fingerprint density at radius 2 is 1.69 bits per heavy atom. The molecule has 0 fully saturated rings. The van der Waals surface area contributed by atoms with E-state index in [-0.39, 0.29) is 24.3 Å². The fourth-order valence-electron chi connectivity index (χ4n) is 0.930. The van der Waals surface area contributed by atoms with E-state index in [0.29, 0.717) is 11.6 Å². The molecule has 0 aliphatic rings. The van der Waals surface area contributed by atoms with Crippen molar-refractivity contribution in [2.45, 2.75) is 6.54 Å². The van der Waals surface area contributed by atoms with E-state index in [9.17, 15) is 0 Å². The first kappa shape index (κ1) is 14.5. The lowest BCUT2D eigenvalue weighted by Crippen LogP contribution is -3.00. The molecule has 7 heteroatoms. The van der Waals surface area contributed by atoms with Crippen LogP contribution in [0.3, 0.4) is 0 Å². The zero-order chi connectivity index (χ0) is 11.3. The summed E-state index contributed by atoms with van der Waals surface area (Å²) in [5.74, 6) is -0.0442. The molecule has 0 bridgehead atoms. The average Bonchev–Trinajstić information content (AvgIpc) is 2.16. The van der Waals surface area contributed by atoms with E-state index < -0.39 is 0 Å². The minimum atomic E-state index is -0.104. The van der Waals surface area contributed by atoms with Gasteiger partial charge in [-0.3, -0.25) is 0 Å². The first-order chi connectivity index (χ1) is 7.08. The molecule has 1 rings (SSSR count). The maximum atomic E-state index is 5.73. The van der Waals surface area contributed by atoms with Crippen molar-refractivity contribution in [2.75, 3.05) is 0 Å². The van der Waals surface area contributed by atoms with Crippen LogP contribution in [0, 0.1) is 0 Å². The highest BCUT2D eigenvalue weighted by atomic mass is 35.5. The summed E-state index contributed by atoms with van der Waals surface area (Å²) in [5.41, 5.74) is 16.7. The molecule has 0 aliphatic carbocycles. The Labute approximate surface area is 105 Å². The van der Waals surface area contributed by atoms with Gasteiger partial charge in [0.05, 0.1) is 6.54 Å². The first-order valence-corrected chi connectivity index (χ1v) is 4.59. The molecule has 1 aromatic carbocycles. The van der Waals surface area contributed by atoms with Crippen molar-refractivity contribution in [3.05, 3.63) is 34.9 Å². The van der Waals surface area contributed by atoms with Gasteiger partial charge in [-0.15, -0.1) is 0 Å². The van der Waals surface area contributed by atoms with Gasteiger partial charge >= 0.3 is 0 Å². The Morgan fingerprint density at radius 3 is 2.19 bits per heavy atom. The van der Waals surface area contributed by atoms with E-state index in [1.807, 2.05) is 12.1 Å². The van der Waals surface area contributed by atoms with Gasteiger partial charge in [-0.25, -0.2) is 4.99 Å². The number of halogens is 2. The minimum Gasteiger partial charge on any atom is -1.00 e. The number of hydrogen-bond donors (Lipinski definition) is 3. The Hall–Kier alpha value is -1.46. The second-order valence-electron chi connectivity index (χ2n) is 2.84. The van der Waals surface area contributed by atoms with E-state index in [0.717, 1.165) is 5.56 Å². The molecule has 0 heterocycles. The maximum absolute atomic E-state index is 5.73. The van der Waals surface area contributed by atoms with Crippen LogP contribution in [0.25, 0.3) is 0 Å². The van der Waals surface area contributed by atoms with Crippen molar-refractivity contribution in [3.8, 4) is 0 Å². The zero-order valence-electron chi connectivity index (χ0n) is 8.40. The van der Waals surface area contributed by atoms with Crippen LogP contribution >= 0.6 is 11.6 Å². The summed E-state index contributed by atoms with van der Waals surface area (Å²) in [6.07, 6.45) is 0. The number of aliphatic imine (C=N–C) groups is 2. The van der Waals surface area contributed by atoms with Gasteiger partial charge in [-0.2, -0.15) is 4.99 Å². The molecule has 0 radical (unpaired) electrons. The largest absolute Gasteiger partial charge is 1.00 e. The third-order valence-corrected chi connectivity index (χ3v) is 1.83. The van der Waals surface area contributed by atoms with Gasteiger partial charge < -0.3 is 29.6 Å². The van der Waals surface area contributed by atoms with Crippen LogP contribution < -0.4 is 29.6 Å². The normalized spacial score (nSPS) is 10.4. The molecule has 16 heavy (non-hydrogen) atoms. The molecule has 5 nitrogen and oxygen atoms in total. The average molecular weight is 261 g/mol. The van der Waals surface area contributed by atoms with Crippen molar-refractivity contribution < 1.29 is 12.4 Å². The Balaban J connectivity index is 0.00000225. The van der Waals surface area contributed by atoms with Gasteiger partial charge in [0, 0.05) is 5.02 Å². The lowest BCUT2D eigenvalue weighted by molar-refractivity contribution is -0.00000355.